The minimum absolute atomic E-state index is 0.552. The Balaban J connectivity index is 2.23. The van der Waals surface area contributed by atoms with Gasteiger partial charge in [-0.05, 0) is 18.9 Å². The molecule has 86 valence electrons. The molecule has 1 atom stereocenters. The molecule has 0 saturated heterocycles. The van der Waals surface area contributed by atoms with E-state index in [1.165, 1.54) is 5.69 Å². The average molecular weight is 230 g/mol. The van der Waals surface area contributed by atoms with E-state index in [1.54, 1.807) is 0 Å². The van der Waals surface area contributed by atoms with E-state index in [2.05, 4.69) is 23.4 Å². The summed E-state index contributed by atoms with van der Waals surface area (Å²) in [5.41, 5.74) is 1.27. The fraction of sp³-hybridized carbons (Fsp3) is 0.727. The number of rotatable bonds is 7. The van der Waals surface area contributed by atoms with E-state index in [0.717, 1.165) is 31.7 Å². The van der Waals surface area contributed by atoms with Gasteiger partial charge in [0, 0.05) is 43.8 Å². The van der Waals surface area contributed by atoms with Gasteiger partial charge in [0.25, 0.3) is 0 Å². The molecule has 0 fully saturated rings. The number of aromatic nitrogens is 2. The average Bonchev–Trinajstić information content (AvgIpc) is 2.63. The molecule has 0 spiro atoms. The van der Waals surface area contributed by atoms with Crippen molar-refractivity contribution in [2.45, 2.75) is 32.2 Å². The van der Waals surface area contributed by atoms with Crippen molar-refractivity contribution in [1.82, 2.24) is 15.1 Å². The summed E-state index contributed by atoms with van der Waals surface area (Å²) in [5, 5.41) is 7.65. The molecule has 0 radical (unpaired) electrons. The Bertz CT molecular complexity index is 273. The Morgan fingerprint density at radius 1 is 1.60 bits per heavy atom. The van der Waals surface area contributed by atoms with Crippen molar-refractivity contribution < 1.29 is 0 Å². The van der Waals surface area contributed by atoms with Crippen LogP contribution in [0.1, 0.15) is 25.5 Å². The van der Waals surface area contributed by atoms with Gasteiger partial charge in [0.2, 0.25) is 0 Å². The molecule has 1 aromatic rings. The Morgan fingerprint density at radius 2 is 2.40 bits per heavy atom. The van der Waals surface area contributed by atoms with Gasteiger partial charge in [-0.1, -0.05) is 6.92 Å². The molecule has 0 aliphatic rings. The normalized spacial score (nSPS) is 13.0. The summed E-state index contributed by atoms with van der Waals surface area (Å²) < 4.78 is 1.92. The van der Waals surface area contributed by atoms with E-state index >= 15 is 0 Å². The third kappa shape index (κ3) is 4.22. The van der Waals surface area contributed by atoms with E-state index in [4.69, 9.17) is 11.6 Å². The van der Waals surface area contributed by atoms with Crippen molar-refractivity contribution in [3.8, 4) is 0 Å². The highest BCUT2D eigenvalue weighted by Crippen LogP contribution is 2.01. The van der Waals surface area contributed by atoms with Crippen LogP contribution in [-0.4, -0.2) is 28.2 Å². The highest BCUT2D eigenvalue weighted by Gasteiger charge is 2.04. The monoisotopic (exact) mass is 229 g/mol. The number of hydrogen-bond acceptors (Lipinski definition) is 2. The molecule has 4 heteroatoms. The smallest absolute Gasteiger partial charge is 0.0492 e. The van der Waals surface area contributed by atoms with Crippen molar-refractivity contribution >= 4 is 11.6 Å². The summed E-state index contributed by atoms with van der Waals surface area (Å²) in [6.07, 6.45) is 5.04. The first-order valence-electron chi connectivity index (χ1n) is 5.54. The van der Waals surface area contributed by atoms with Gasteiger partial charge in [-0.15, -0.1) is 11.6 Å². The zero-order chi connectivity index (χ0) is 11.1. The van der Waals surface area contributed by atoms with E-state index in [1.807, 2.05) is 17.9 Å². The molecule has 1 heterocycles. The van der Waals surface area contributed by atoms with E-state index in [9.17, 15) is 0 Å². The van der Waals surface area contributed by atoms with E-state index in [-0.39, 0.29) is 0 Å². The van der Waals surface area contributed by atoms with Gasteiger partial charge in [-0.3, -0.25) is 4.68 Å². The van der Waals surface area contributed by atoms with Crippen LogP contribution in [0.15, 0.2) is 12.3 Å². The fourth-order valence-corrected chi connectivity index (χ4v) is 1.90. The maximum atomic E-state index is 5.72. The van der Waals surface area contributed by atoms with Crippen molar-refractivity contribution in [3.63, 3.8) is 0 Å². The predicted molar refractivity (Wildman–Crippen MR) is 64.3 cm³/mol. The lowest BCUT2D eigenvalue weighted by molar-refractivity contribution is 0.485. The lowest BCUT2D eigenvalue weighted by atomic mass is 10.1. The van der Waals surface area contributed by atoms with Crippen LogP contribution in [-0.2, 0) is 13.5 Å². The first-order valence-corrected chi connectivity index (χ1v) is 6.07. The molecule has 0 amide bonds. The Hall–Kier alpha value is -0.540. The first-order chi connectivity index (χ1) is 7.27. The molecule has 0 aliphatic carbocycles. The van der Waals surface area contributed by atoms with Gasteiger partial charge < -0.3 is 5.32 Å². The Kier molecular flexibility index (Phi) is 5.73. The van der Waals surface area contributed by atoms with Gasteiger partial charge in [0.15, 0.2) is 0 Å². The van der Waals surface area contributed by atoms with Crippen LogP contribution in [0.5, 0.6) is 0 Å². The molecular weight excluding hydrogens is 210 g/mol. The van der Waals surface area contributed by atoms with Gasteiger partial charge in [0.05, 0.1) is 0 Å². The number of nitrogens with one attached hydrogen (secondary N) is 1. The van der Waals surface area contributed by atoms with E-state index < -0.39 is 0 Å². The van der Waals surface area contributed by atoms with Crippen LogP contribution in [0.4, 0.5) is 0 Å². The van der Waals surface area contributed by atoms with Crippen molar-refractivity contribution in [2.24, 2.45) is 7.05 Å². The van der Waals surface area contributed by atoms with Crippen molar-refractivity contribution in [2.75, 3.05) is 12.4 Å². The summed E-state index contributed by atoms with van der Waals surface area (Å²) >= 11 is 5.72. The van der Waals surface area contributed by atoms with Gasteiger partial charge in [-0.25, -0.2) is 0 Å². The number of halogens is 1. The minimum atomic E-state index is 0.552. The Morgan fingerprint density at radius 3 is 2.93 bits per heavy atom. The lowest BCUT2D eigenvalue weighted by Crippen LogP contribution is -2.31. The molecule has 0 saturated carbocycles. The van der Waals surface area contributed by atoms with Crippen LogP contribution in [0.2, 0.25) is 0 Å². The van der Waals surface area contributed by atoms with Gasteiger partial charge in [-0.2, -0.15) is 5.10 Å². The lowest BCUT2D eigenvalue weighted by Gasteiger charge is -2.15. The zero-order valence-electron chi connectivity index (χ0n) is 9.54. The third-order valence-corrected chi connectivity index (χ3v) is 2.91. The number of alkyl halides is 1. The third-order valence-electron chi connectivity index (χ3n) is 2.69. The topological polar surface area (TPSA) is 29.9 Å². The Labute approximate surface area is 96.8 Å². The number of aryl methyl sites for hydroxylation is 1. The highest BCUT2D eigenvalue weighted by atomic mass is 35.5. The second-order valence-corrected chi connectivity index (χ2v) is 4.11. The highest BCUT2D eigenvalue weighted by molar-refractivity contribution is 6.17. The summed E-state index contributed by atoms with van der Waals surface area (Å²) in [5.74, 6) is 0.733. The van der Waals surface area contributed by atoms with Crippen LogP contribution in [0.3, 0.4) is 0 Å². The maximum Gasteiger partial charge on any atom is 0.0492 e. The van der Waals surface area contributed by atoms with Crippen molar-refractivity contribution in [3.05, 3.63) is 18.0 Å². The summed E-state index contributed by atoms with van der Waals surface area (Å²) in [4.78, 5) is 0. The molecule has 15 heavy (non-hydrogen) atoms. The summed E-state index contributed by atoms with van der Waals surface area (Å²) in [6.45, 7) is 3.18. The second-order valence-electron chi connectivity index (χ2n) is 3.73. The molecule has 1 rings (SSSR count). The molecule has 1 aromatic heterocycles. The SMILES string of the molecule is CCC(CCCl)NCCc1ccnn1C. The zero-order valence-corrected chi connectivity index (χ0v) is 10.3. The van der Waals surface area contributed by atoms with Crippen LogP contribution >= 0.6 is 11.6 Å². The molecule has 1 N–H and O–H groups in total. The van der Waals surface area contributed by atoms with Crippen LogP contribution in [0, 0.1) is 0 Å². The van der Waals surface area contributed by atoms with Gasteiger partial charge in [0.1, 0.15) is 0 Å². The largest absolute Gasteiger partial charge is 0.314 e. The maximum absolute atomic E-state index is 5.72. The molecule has 0 aliphatic heterocycles. The molecule has 1 unspecified atom stereocenters. The summed E-state index contributed by atoms with van der Waals surface area (Å²) in [7, 11) is 1.98. The van der Waals surface area contributed by atoms with Crippen LogP contribution in [0.25, 0.3) is 0 Å². The predicted octanol–water partition coefficient (Wildman–Crippen LogP) is 1.96. The van der Waals surface area contributed by atoms with E-state index in [0.29, 0.717) is 6.04 Å². The quantitative estimate of drug-likeness (QED) is 0.725. The fourth-order valence-electron chi connectivity index (χ4n) is 1.63. The summed E-state index contributed by atoms with van der Waals surface area (Å²) in [6, 6.07) is 2.61. The van der Waals surface area contributed by atoms with Crippen molar-refractivity contribution in [1.29, 1.82) is 0 Å². The first kappa shape index (κ1) is 12.5. The molecule has 0 bridgehead atoms. The molecule has 3 nitrogen and oxygen atoms in total. The number of hydrogen-bond donors (Lipinski definition) is 1. The molecular formula is C11H20ClN3. The number of nitrogens with zero attached hydrogens (tertiary/aromatic N) is 2. The molecule has 0 aromatic carbocycles. The van der Waals surface area contributed by atoms with Crippen LogP contribution < -0.4 is 5.32 Å². The second kappa shape index (κ2) is 6.85. The van der Waals surface area contributed by atoms with Gasteiger partial charge >= 0.3 is 0 Å². The standard InChI is InChI=1S/C11H20ClN3/c1-3-10(4-7-12)13-8-5-11-6-9-14-15(11)2/h6,9-10,13H,3-5,7-8H2,1-2H3. The minimum Gasteiger partial charge on any atom is -0.314 e.